The van der Waals surface area contributed by atoms with Crippen molar-refractivity contribution in [2.75, 3.05) is 13.1 Å². The van der Waals surface area contributed by atoms with Crippen molar-refractivity contribution in [2.24, 2.45) is 0 Å². The van der Waals surface area contributed by atoms with E-state index in [0.29, 0.717) is 37.0 Å². The first-order valence-corrected chi connectivity index (χ1v) is 11.4. The second kappa shape index (κ2) is 8.71. The lowest BCUT2D eigenvalue weighted by atomic mass is 9.82. The van der Waals surface area contributed by atoms with Crippen molar-refractivity contribution in [1.29, 1.82) is 0 Å². The Bertz CT molecular complexity index is 1450. The summed E-state index contributed by atoms with van der Waals surface area (Å²) in [6.45, 7) is 2.60. The molecule has 192 valence electrons. The van der Waals surface area contributed by atoms with E-state index in [0.717, 1.165) is 23.2 Å². The van der Waals surface area contributed by atoms with Crippen LogP contribution < -0.4 is 4.74 Å². The van der Waals surface area contributed by atoms with E-state index in [1.807, 2.05) is 13.0 Å². The number of rotatable bonds is 2. The molecule has 2 aliphatic rings. The number of alkyl halides is 3. The lowest BCUT2D eigenvalue weighted by Gasteiger charge is -2.44. The molecule has 3 heterocycles. The molecule has 0 saturated carbocycles. The van der Waals surface area contributed by atoms with Crippen molar-refractivity contribution in [3.63, 3.8) is 0 Å². The van der Waals surface area contributed by atoms with E-state index in [2.05, 4.69) is 14.9 Å². The largest absolute Gasteiger partial charge is 0.491 e. The SMILES string of the molecule is Cc1[nH]nc2cc(C(=O)N3CCC4(CC3)CC(=O)c3cc(C(=O)OC(=O)C(F)(F)F)ccc3O4)ccc12. The monoisotopic (exact) mass is 515 g/mol. The van der Waals surface area contributed by atoms with Crippen LogP contribution in [-0.4, -0.2) is 63.6 Å². The fourth-order valence-corrected chi connectivity index (χ4v) is 4.68. The van der Waals surface area contributed by atoms with Crippen LogP contribution in [0, 0.1) is 6.92 Å². The van der Waals surface area contributed by atoms with Gasteiger partial charge in [-0.1, -0.05) is 6.07 Å². The van der Waals surface area contributed by atoms with E-state index in [4.69, 9.17) is 4.74 Å². The van der Waals surface area contributed by atoms with Crippen molar-refractivity contribution in [1.82, 2.24) is 15.1 Å². The highest BCUT2D eigenvalue weighted by atomic mass is 19.4. The lowest BCUT2D eigenvalue weighted by molar-refractivity contribution is -0.193. The minimum Gasteiger partial charge on any atom is -0.486 e. The molecule has 1 spiro atoms. The van der Waals surface area contributed by atoms with Crippen molar-refractivity contribution in [3.05, 3.63) is 58.8 Å². The number of aryl methyl sites for hydroxylation is 1. The average Bonchev–Trinajstić information content (AvgIpc) is 3.23. The predicted molar refractivity (Wildman–Crippen MR) is 121 cm³/mol. The molecule has 1 amide bonds. The molecule has 0 bridgehead atoms. The van der Waals surface area contributed by atoms with E-state index in [9.17, 15) is 32.3 Å². The quantitative estimate of drug-likeness (QED) is 0.408. The number of aromatic nitrogens is 2. The highest BCUT2D eigenvalue weighted by Crippen LogP contribution is 2.40. The number of hydrogen-bond donors (Lipinski definition) is 1. The van der Waals surface area contributed by atoms with Crippen LogP contribution in [0.4, 0.5) is 13.2 Å². The maximum absolute atomic E-state index is 13.1. The second-order valence-corrected chi connectivity index (χ2v) is 9.14. The molecule has 3 aromatic rings. The van der Waals surface area contributed by atoms with Gasteiger partial charge in [-0.25, -0.2) is 9.59 Å². The van der Waals surface area contributed by atoms with Crippen LogP contribution >= 0.6 is 0 Å². The van der Waals surface area contributed by atoms with Gasteiger partial charge in [0.25, 0.3) is 5.91 Å². The Labute approximate surface area is 207 Å². The molecule has 9 nitrogen and oxygen atoms in total. The number of H-pyrrole nitrogens is 1. The van der Waals surface area contributed by atoms with Gasteiger partial charge in [0.1, 0.15) is 11.4 Å². The molecule has 1 N–H and O–H groups in total. The maximum Gasteiger partial charge on any atom is 0.491 e. The van der Waals surface area contributed by atoms with Crippen LogP contribution in [0.1, 0.15) is 56.0 Å². The fourth-order valence-electron chi connectivity index (χ4n) is 4.68. The molecule has 1 fully saturated rings. The number of benzene rings is 2. The van der Waals surface area contributed by atoms with Gasteiger partial charge in [0.15, 0.2) is 5.78 Å². The van der Waals surface area contributed by atoms with E-state index in [-0.39, 0.29) is 35.0 Å². The number of halogens is 3. The summed E-state index contributed by atoms with van der Waals surface area (Å²) in [4.78, 5) is 50.5. The molecule has 0 aliphatic carbocycles. The minimum atomic E-state index is -5.32. The van der Waals surface area contributed by atoms with Gasteiger partial charge in [-0.15, -0.1) is 0 Å². The summed E-state index contributed by atoms with van der Waals surface area (Å²) in [6.07, 6.45) is -4.58. The topological polar surface area (TPSA) is 119 Å². The van der Waals surface area contributed by atoms with E-state index < -0.39 is 23.7 Å². The van der Waals surface area contributed by atoms with Gasteiger partial charge in [0.2, 0.25) is 0 Å². The molecule has 2 aromatic carbocycles. The Morgan fingerprint density at radius 3 is 2.49 bits per heavy atom. The third-order valence-electron chi connectivity index (χ3n) is 6.70. The Hall–Kier alpha value is -4.22. The zero-order valence-corrected chi connectivity index (χ0v) is 19.5. The van der Waals surface area contributed by atoms with Crippen molar-refractivity contribution in [2.45, 2.75) is 38.0 Å². The highest BCUT2D eigenvalue weighted by molar-refractivity contribution is 6.04. The van der Waals surface area contributed by atoms with E-state index in [1.54, 1.807) is 17.0 Å². The molecule has 2 aliphatic heterocycles. The number of ether oxygens (including phenoxy) is 2. The number of nitrogens with one attached hydrogen (secondary N) is 1. The molecule has 0 radical (unpaired) electrons. The lowest BCUT2D eigenvalue weighted by Crippen LogP contribution is -2.52. The number of likely N-dealkylation sites (tertiary alicyclic amines) is 1. The smallest absolute Gasteiger partial charge is 0.486 e. The number of esters is 2. The van der Waals surface area contributed by atoms with Crippen LogP contribution in [0.25, 0.3) is 10.9 Å². The molecule has 37 heavy (non-hydrogen) atoms. The zero-order valence-electron chi connectivity index (χ0n) is 19.5. The van der Waals surface area contributed by atoms with Gasteiger partial charge < -0.3 is 14.4 Å². The molecule has 5 rings (SSSR count). The zero-order chi connectivity index (χ0) is 26.5. The third kappa shape index (κ3) is 4.54. The summed E-state index contributed by atoms with van der Waals surface area (Å²) in [5.74, 6) is -4.51. The number of Topliss-reactive ketones (excluding diaryl/α,β-unsaturated/α-hetero) is 1. The number of carbonyl (C=O) groups excluding carboxylic acids is 4. The molecule has 0 unspecified atom stereocenters. The van der Waals surface area contributed by atoms with Crippen LogP contribution in [0.2, 0.25) is 0 Å². The summed E-state index contributed by atoms with van der Waals surface area (Å²) in [7, 11) is 0. The van der Waals surface area contributed by atoms with Gasteiger partial charge in [0, 0.05) is 42.6 Å². The molecular formula is C25H20F3N3O6. The normalized spacial score (nSPS) is 16.9. The van der Waals surface area contributed by atoms with E-state index in [1.165, 1.54) is 6.07 Å². The van der Waals surface area contributed by atoms with Gasteiger partial charge in [-0.3, -0.25) is 14.7 Å². The Morgan fingerprint density at radius 1 is 1.08 bits per heavy atom. The van der Waals surface area contributed by atoms with Gasteiger partial charge in [0.05, 0.1) is 23.1 Å². The van der Waals surface area contributed by atoms with Crippen molar-refractivity contribution in [3.8, 4) is 5.75 Å². The van der Waals surface area contributed by atoms with Crippen LogP contribution in [0.3, 0.4) is 0 Å². The Balaban J connectivity index is 1.27. The first-order chi connectivity index (χ1) is 17.5. The highest BCUT2D eigenvalue weighted by Gasteiger charge is 2.45. The molecule has 12 heteroatoms. The Kier molecular flexibility index (Phi) is 5.76. The summed E-state index contributed by atoms with van der Waals surface area (Å²) < 4.78 is 47.1. The number of ketones is 1. The summed E-state index contributed by atoms with van der Waals surface area (Å²) in [5, 5.41) is 8.02. The van der Waals surface area contributed by atoms with Crippen LogP contribution in [0.15, 0.2) is 36.4 Å². The molecule has 1 saturated heterocycles. The van der Waals surface area contributed by atoms with Gasteiger partial charge in [-0.05, 0) is 37.3 Å². The first-order valence-electron chi connectivity index (χ1n) is 11.4. The minimum absolute atomic E-state index is 0.0145. The maximum atomic E-state index is 13.1. The molecule has 1 aromatic heterocycles. The summed E-state index contributed by atoms with van der Waals surface area (Å²) >= 11 is 0. The standard InChI is InChI=1S/C25H20F3N3O6/c1-13-16-4-2-14(11-18(16)30-29-13)21(33)31-8-6-24(7-9-31)12-19(32)17-10-15(3-5-20(17)37-24)22(34)36-23(35)25(26,27)28/h2-5,10-11H,6-9,12H2,1H3,(H,29,30). The van der Waals surface area contributed by atoms with E-state index >= 15 is 0 Å². The third-order valence-corrected chi connectivity index (χ3v) is 6.70. The summed E-state index contributed by atoms with van der Waals surface area (Å²) in [5.41, 5.74) is 0.893. The predicted octanol–water partition coefficient (Wildman–Crippen LogP) is 3.76. The number of fused-ring (bicyclic) bond motifs is 2. The number of aromatic amines is 1. The summed E-state index contributed by atoms with van der Waals surface area (Å²) in [6, 6.07) is 8.80. The van der Waals surface area contributed by atoms with Gasteiger partial charge in [-0.2, -0.15) is 18.3 Å². The van der Waals surface area contributed by atoms with Crippen molar-refractivity contribution < 1.29 is 41.8 Å². The molecular weight excluding hydrogens is 495 g/mol. The Morgan fingerprint density at radius 2 is 1.78 bits per heavy atom. The van der Waals surface area contributed by atoms with Crippen LogP contribution in [-0.2, 0) is 9.53 Å². The number of amides is 1. The van der Waals surface area contributed by atoms with Crippen molar-refractivity contribution >= 4 is 34.5 Å². The fraction of sp³-hybridized carbons (Fsp3) is 0.320. The number of nitrogens with zero attached hydrogens (tertiary/aromatic N) is 2. The second-order valence-electron chi connectivity index (χ2n) is 9.14. The number of carbonyl (C=O) groups is 4. The average molecular weight is 515 g/mol. The molecule has 0 atom stereocenters. The van der Waals surface area contributed by atoms with Gasteiger partial charge >= 0.3 is 18.1 Å². The first kappa shape index (κ1) is 24.5. The van der Waals surface area contributed by atoms with Crippen LogP contribution in [0.5, 0.6) is 5.75 Å². The number of piperidine rings is 1. The number of hydrogen-bond acceptors (Lipinski definition) is 7.